The van der Waals surface area contributed by atoms with E-state index in [0.717, 1.165) is 5.39 Å². The first-order chi connectivity index (χ1) is 14.1. The predicted molar refractivity (Wildman–Crippen MR) is 111 cm³/mol. The molecule has 0 radical (unpaired) electrons. The molecule has 1 aromatic heterocycles. The van der Waals surface area contributed by atoms with Crippen molar-refractivity contribution in [1.82, 2.24) is 10.3 Å². The highest BCUT2D eigenvalue weighted by atomic mass is 16.5. The number of aromatic nitrogens is 1. The van der Waals surface area contributed by atoms with Gasteiger partial charge in [-0.3, -0.25) is 0 Å². The lowest BCUT2D eigenvalue weighted by Gasteiger charge is -2.19. The van der Waals surface area contributed by atoms with Crippen molar-refractivity contribution < 1.29 is 24.4 Å². The van der Waals surface area contributed by atoms with Crippen LogP contribution in [0.3, 0.4) is 0 Å². The highest BCUT2D eigenvalue weighted by Crippen LogP contribution is 2.30. The molecule has 0 aliphatic carbocycles. The Balaban J connectivity index is 1.45. The zero-order chi connectivity index (χ0) is 20.6. The van der Waals surface area contributed by atoms with E-state index < -0.39 is 6.10 Å². The van der Waals surface area contributed by atoms with Crippen molar-refractivity contribution in [2.24, 2.45) is 0 Å². The fourth-order valence-electron chi connectivity index (χ4n) is 2.86. The molecule has 0 bridgehead atoms. The predicted octanol–water partition coefficient (Wildman–Crippen LogP) is 2.75. The molecular formula is C22H26N2O5. The molecule has 2 aromatic carbocycles. The van der Waals surface area contributed by atoms with Gasteiger partial charge in [-0.1, -0.05) is 30.3 Å². The van der Waals surface area contributed by atoms with Gasteiger partial charge >= 0.3 is 0 Å². The minimum Gasteiger partial charge on any atom is -0.493 e. The molecule has 0 spiro atoms. The zero-order valence-corrected chi connectivity index (χ0v) is 16.5. The smallest absolute Gasteiger partial charge is 0.219 e. The SMILES string of the molecule is COc1ccccc1OCC(C)NCC(O)COc1cnc(O)c2ccccc12. The molecular weight excluding hydrogens is 372 g/mol. The number of benzene rings is 2. The van der Waals surface area contributed by atoms with Crippen molar-refractivity contribution in [2.45, 2.75) is 19.1 Å². The number of para-hydroxylation sites is 2. The first-order valence-electron chi connectivity index (χ1n) is 9.45. The first-order valence-corrected chi connectivity index (χ1v) is 9.45. The van der Waals surface area contributed by atoms with Gasteiger partial charge in [0.05, 0.1) is 13.3 Å². The Morgan fingerprint density at radius 1 is 0.931 bits per heavy atom. The number of ether oxygens (including phenoxy) is 3. The number of aliphatic hydroxyl groups is 1. The van der Waals surface area contributed by atoms with E-state index in [0.29, 0.717) is 35.8 Å². The fraction of sp³-hybridized carbons (Fsp3) is 0.318. The van der Waals surface area contributed by atoms with Crippen LogP contribution >= 0.6 is 0 Å². The number of pyridine rings is 1. The van der Waals surface area contributed by atoms with Crippen LogP contribution in [0, 0.1) is 0 Å². The molecule has 0 amide bonds. The van der Waals surface area contributed by atoms with E-state index in [9.17, 15) is 10.2 Å². The van der Waals surface area contributed by atoms with Crippen molar-refractivity contribution in [3.63, 3.8) is 0 Å². The summed E-state index contributed by atoms with van der Waals surface area (Å²) in [4.78, 5) is 3.93. The van der Waals surface area contributed by atoms with Gasteiger partial charge in [-0.05, 0) is 25.1 Å². The third kappa shape index (κ3) is 5.49. The van der Waals surface area contributed by atoms with Gasteiger partial charge in [0, 0.05) is 23.4 Å². The highest BCUT2D eigenvalue weighted by molar-refractivity contribution is 5.91. The van der Waals surface area contributed by atoms with Crippen LogP contribution in [0.25, 0.3) is 10.8 Å². The molecule has 2 atom stereocenters. The largest absolute Gasteiger partial charge is 0.493 e. The van der Waals surface area contributed by atoms with E-state index in [-0.39, 0.29) is 18.5 Å². The number of hydrogen-bond acceptors (Lipinski definition) is 7. The third-order valence-corrected chi connectivity index (χ3v) is 4.43. The van der Waals surface area contributed by atoms with E-state index in [4.69, 9.17) is 14.2 Å². The number of hydrogen-bond donors (Lipinski definition) is 3. The summed E-state index contributed by atoms with van der Waals surface area (Å²) in [5.41, 5.74) is 0. The molecule has 0 fully saturated rings. The van der Waals surface area contributed by atoms with Crippen molar-refractivity contribution in [1.29, 1.82) is 0 Å². The average molecular weight is 398 g/mol. The highest BCUT2D eigenvalue weighted by Gasteiger charge is 2.12. The van der Waals surface area contributed by atoms with Crippen LogP contribution in [0.1, 0.15) is 6.92 Å². The molecule has 0 saturated heterocycles. The summed E-state index contributed by atoms with van der Waals surface area (Å²) < 4.78 is 16.8. The number of aromatic hydroxyl groups is 1. The van der Waals surface area contributed by atoms with Crippen LogP contribution in [0.4, 0.5) is 0 Å². The van der Waals surface area contributed by atoms with Crippen molar-refractivity contribution in [3.05, 3.63) is 54.7 Å². The second kappa shape index (κ2) is 9.95. The first kappa shape index (κ1) is 20.7. The Bertz CT molecular complexity index is 934. The number of nitrogens with one attached hydrogen (secondary N) is 1. The summed E-state index contributed by atoms with van der Waals surface area (Å²) in [6.45, 7) is 2.85. The Kier molecular flexibility index (Phi) is 7.10. The van der Waals surface area contributed by atoms with Gasteiger partial charge in [-0.15, -0.1) is 0 Å². The van der Waals surface area contributed by atoms with E-state index in [1.807, 2.05) is 49.4 Å². The molecule has 2 unspecified atom stereocenters. The Morgan fingerprint density at radius 2 is 1.59 bits per heavy atom. The van der Waals surface area contributed by atoms with Crippen LogP contribution in [-0.2, 0) is 0 Å². The standard InChI is InChI=1S/C22H26N2O5/c1-15(13-28-20-10-6-5-9-19(20)27-2)23-11-16(25)14-29-21-12-24-22(26)18-8-4-3-7-17(18)21/h3-10,12,15-16,23,25H,11,13-14H2,1-2H3,(H,24,26). The van der Waals surface area contributed by atoms with Gasteiger partial charge in [-0.2, -0.15) is 0 Å². The molecule has 1 heterocycles. The summed E-state index contributed by atoms with van der Waals surface area (Å²) in [6, 6.07) is 14.8. The molecule has 3 rings (SSSR count). The molecule has 7 nitrogen and oxygen atoms in total. The van der Waals surface area contributed by atoms with E-state index in [1.165, 1.54) is 6.20 Å². The summed E-state index contributed by atoms with van der Waals surface area (Å²) >= 11 is 0. The van der Waals surface area contributed by atoms with Gasteiger partial charge in [0.1, 0.15) is 25.1 Å². The summed E-state index contributed by atoms with van der Waals surface area (Å²) in [7, 11) is 1.60. The summed E-state index contributed by atoms with van der Waals surface area (Å²) in [5.74, 6) is 1.84. The Hall–Kier alpha value is -3.03. The average Bonchev–Trinajstić information content (AvgIpc) is 2.76. The van der Waals surface area contributed by atoms with E-state index in [2.05, 4.69) is 10.3 Å². The number of nitrogens with zero attached hydrogens (tertiary/aromatic N) is 1. The lowest BCUT2D eigenvalue weighted by molar-refractivity contribution is 0.102. The molecule has 29 heavy (non-hydrogen) atoms. The van der Waals surface area contributed by atoms with Crippen LogP contribution in [-0.4, -0.2) is 54.2 Å². The minimum absolute atomic E-state index is 0.0192. The molecule has 3 aromatic rings. The monoisotopic (exact) mass is 398 g/mol. The van der Waals surface area contributed by atoms with Gasteiger partial charge in [0.15, 0.2) is 11.5 Å². The molecule has 0 saturated carbocycles. The molecule has 0 aliphatic rings. The fourth-order valence-corrected chi connectivity index (χ4v) is 2.86. The van der Waals surface area contributed by atoms with Crippen molar-refractivity contribution in [2.75, 3.05) is 26.9 Å². The van der Waals surface area contributed by atoms with Crippen LogP contribution in [0.15, 0.2) is 54.7 Å². The van der Waals surface area contributed by atoms with Crippen molar-refractivity contribution >= 4 is 10.8 Å². The van der Waals surface area contributed by atoms with E-state index in [1.54, 1.807) is 13.2 Å². The normalized spacial score (nSPS) is 13.1. The van der Waals surface area contributed by atoms with Crippen LogP contribution < -0.4 is 19.5 Å². The van der Waals surface area contributed by atoms with Gasteiger partial charge in [0.2, 0.25) is 5.88 Å². The maximum Gasteiger partial charge on any atom is 0.219 e. The lowest BCUT2D eigenvalue weighted by atomic mass is 10.1. The Morgan fingerprint density at radius 3 is 2.34 bits per heavy atom. The minimum atomic E-state index is -0.712. The van der Waals surface area contributed by atoms with Gasteiger partial charge in [0.25, 0.3) is 0 Å². The van der Waals surface area contributed by atoms with Gasteiger partial charge < -0.3 is 29.7 Å². The second-order valence-electron chi connectivity index (χ2n) is 6.73. The lowest BCUT2D eigenvalue weighted by Crippen LogP contribution is -2.39. The number of fused-ring (bicyclic) bond motifs is 1. The van der Waals surface area contributed by atoms with Gasteiger partial charge in [-0.25, -0.2) is 4.98 Å². The maximum absolute atomic E-state index is 10.2. The topological polar surface area (TPSA) is 93.1 Å². The summed E-state index contributed by atoms with van der Waals surface area (Å²) in [5, 5.41) is 24.7. The molecule has 0 aliphatic heterocycles. The zero-order valence-electron chi connectivity index (χ0n) is 16.5. The second-order valence-corrected chi connectivity index (χ2v) is 6.73. The van der Waals surface area contributed by atoms with Crippen LogP contribution in [0.5, 0.6) is 23.1 Å². The maximum atomic E-state index is 10.2. The molecule has 7 heteroatoms. The molecule has 3 N–H and O–H groups in total. The van der Waals surface area contributed by atoms with Crippen LogP contribution in [0.2, 0.25) is 0 Å². The number of aliphatic hydroxyl groups excluding tert-OH is 1. The summed E-state index contributed by atoms with van der Waals surface area (Å²) in [6.07, 6.45) is 0.748. The quantitative estimate of drug-likeness (QED) is 0.483. The molecule has 154 valence electrons. The number of methoxy groups -OCH3 is 1. The number of rotatable bonds is 10. The van der Waals surface area contributed by atoms with E-state index >= 15 is 0 Å². The van der Waals surface area contributed by atoms with Crippen molar-refractivity contribution in [3.8, 4) is 23.1 Å². The Labute approximate surface area is 169 Å². The third-order valence-electron chi connectivity index (χ3n) is 4.43.